The van der Waals surface area contributed by atoms with Gasteiger partial charge in [0.05, 0.1) is 17.5 Å². The van der Waals surface area contributed by atoms with Crippen molar-refractivity contribution in [1.29, 1.82) is 0 Å². The van der Waals surface area contributed by atoms with Crippen LogP contribution in [0.15, 0.2) is 30.5 Å². The molecule has 0 bridgehead atoms. The van der Waals surface area contributed by atoms with Gasteiger partial charge in [0.15, 0.2) is 5.82 Å². The number of esters is 1. The van der Waals surface area contributed by atoms with Gasteiger partial charge in [-0.25, -0.2) is 13.2 Å². The molecule has 1 N–H and O–H groups in total. The first-order valence-electron chi connectivity index (χ1n) is 17.0. The van der Waals surface area contributed by atoms with Crippen LogP contribution in [0.4, 0.5) is 19.0 Å². The van der Waals surface area contributed by atoms with Gasteiger partial charge in [0.25, 0.3) is 0 Å². The molecule has 2 saturated heterocycles. The number of carbonyl (C=O) groups excluding carboxylic acids is 1. The molecule has 3 fully saturated rings. The zero-order valence-electron chi connectivity index (χ0n) is 27.3. The number of hydrogen-bond acceptors (Lipinski definition) is 9. The Hall–Kier alpha value is -4.19. The Labute approximate surface area is 277 Å². The minimum Gasteiger partial charge on any atom is -0.508 e. The number of aromatic hydroxyl groups is 1. The van der Waals surface area contributed by atoms with Gasteiger partial charge in [0, 0.05) is 43.7 Å². The number of ether oxygens (including phenoxy) is 2. The molecule has 0 spiro atoms. The summed E-state index contributed by atoms with van der Waals surface area (Å²) >= 11 is 0. The molecular formula is C36H40F3N5O4. The fraction of sp³-hybridized carbons (Fsp3) is 0.500. The molecule has 2 aliphatic heterocycles. The fourth-order valence-electron chi connectivity index (χ4n) is 7.65. The van der Waals surface area contributed by atoms with Gasteiger partial charge in [-0.3, -0.25) is 14.7 Å². The highest BCUT2D eigenvalue weighted by Crippen LogP contribution is 2.43. The van der Waals surface area contributed by atoms with Crippen molar-refractivity contribution in [1.82, 2.24) is 19.9 Å². The second kappa shape index (κ2) is 13.0. The summed E-state index contributed by atoms with van der Waals surface area (Å²) in [6, 6.07) is 5.91. The maximum atomic E-state index is 16.9. The Bertz CT molecular complexity index is 1870. The average molecular weight is 664 g/mol. The molecule has 1 aliphatic carbocycles. The Balaban J connectivity index is 1.34. The highest BCUT2D eigenvalue weighted by molar-refractivity contribution is 6.01. The van der Waals surface area contributed by atoms with Crippen molar-refractivity contribution >= 4 is 33.5 Å². The lowest BCUT2D eigenvalue weighted by Crippen LogP contribution is -2.43. The van der Waals surface area contributed by atoms with E-state index in [0.717, 1.165) is 32.2 Å². The van der Waals surface area contributed by atoms with Crippen LogP contribution in [0.2, 0.25) is 0 Å². The van der Waals surface area contributed by atoms with E-state index in [-0.39, 0.29) is 53.6 Å². The molecule has 12 heteroatoms. The lowest BCUT2D eigenvalue weighted by molar-refractivity contribution is -0.143. The average Bonchev–Trinajstić information content (AvgIpc) is 3.76. The summed E-state index contributed by atoms with van der Waals surface area (Å²) in [4.78, 5) is 30.2. The van der Waals surface area contributed by atoms with E-state index in [4.69, 9.17) is 14.5 Å². The third kappa shape index (κ3) is 5.99. The summed E-state index contributed by atoms with van der Waals surface area (Å²) in [6.07, 6.45) is 5.56. The third-order valence-electron chi connectivity index (χ3n) is 9.98. The number of alkyl halides is 1. The van der Waals surface area contributed by atoms with Gasteiger partial charge in [0.2, 0.25) is 0 Å². The van der Waals surface area contributed by atoms with Crippen molar-refractivity contribution < 1.29 is 32.5 Å². The van der Waals surface area contributed by atoms with Crippen molar-refractivity contribution in [3.63, 3.8) is 0 Å². The predicted molar refractivity (Wildman–Crippen MR) is 176 cm³/mol. The van der Waals surface area contributed by atoms with Gasteiger partial charge in [-0.2, -0.15) is 9.97 Å². The van der Waals surface area contributed by atoms with E-state index in [1.165, 1.54) is 24.4 Å². The highest BCUT2D eigenvalue weighted by atomic mass is 19.1. The lowest BCUT2D eigenvalue weighted by Gasteiger charge is -2.31. The number of aryl methyl sites for hydroxylation is 1. The molecule has 48 heavy (non-hydrogen) atoms. The van der Waals surface area contributed by atoms with Gasteiger partial charge >= 0.3 is 12.0 Å². The first-order valence-corrected chi connectivity index (χ1v) is 17.0. The van der Waals surface area contributed by atoms with Gasteiger partial charge in [-0.1, -0.05) is 13.0 Å². The fourth-order valence-corrected chi connectivity index (χ4v) is 7.65. The van der Waals surface area contributed by atoms with Crippen LogP contribution in [-0.2, 0) is 16.0 Å². The molecule has 254 valence electrons. The highest BCUT2D eigenvalue weighted by Gasteiger charge is 2.49. The van der Waals surface area contributed by atoms with Crippen molar-refractivity contribution in [2.24, 2.45) is 0 Å². The molecule has 2 aromatic carbocycles. The first kappa shape index (κ1) is 32.4. The van der Waals surface area contributed by atoms with E-state index in [0.29, 0.717) is 66.5 Å². The minimum absolute atomic E-state index is 0.0300. The SMILES string of the molecule is CCOC(=O)CCCN(c1nc(OC[C@@]23CCCN2C[C@H](F)C3)nc2c(F)c(-c3cc(O)cc4ccc(F)c(CC)c34)ncc12)C1CC1. The molecule has 9 nitrogen and oxygen atoms in total. The Morgan fingerprint density at radius 3 is 2.79 bits per heavy atom. The molecule has 0 unspecified atom stereocenters. The number of carbonyl (C=O) groups is 1. The maximum Gasteiger partial charge on any atom is 0.319 e. The Morgan fingerprint density at radius 1 is 1.19 bits per heavy atom. The van der Waals surface area contributed by atoms with Crippen molar-refractivity contribution in [3.8, 4) is 23.0 Å². The van der Waals surface area contributed by atoms with E-state index < -0.39 is 23.3 Å². The van der Waals surface area contributed by atoms with Crippen molar-refractivity contribution in [2.75, 3.05) is 37.7 Å². The zero-order valence-corrected chi connectivity index (χ0v) is 27.3. The molecule has 2 atom stereocenters. The van der Waals surface area contributed by atoms with Crippen LogP contribution in [-0.4, -0.2) is 81.5 Å². The van der Waals surface area contributed by atoms with Crippen LogP contribution in [0.1, 0.15) is 64.4 Å². The molecule has 7 rings (SSSR count). The van der Waals surface area contributed by atoms with Gasteiger partial charge < -0.3 is 19.5 Å². The molecule has 4 aromatic rings. The summed E-state index contributed by atoms with van der Waals surface area (Å²) in [6.45, 7) is 5.68. The summed E-state index contributed by atoms with van der Waals surface area (Å²) in [5.41, 5.74) is 0.0587. The van der Waals surface area contributed by atoms with Gasteiger partial charge in [-0.05, 0) is 86.5 Å². The Kier molecular flexibility index (Phi) is 8.78. The van der Waals surface area contributed by atoms with Crippen LogP contribution < -0.4 is 9.64 Å². The summed E-state index contributed by atoms with van der Waals surface area (Å²) in [5.74, 6) is -1.14. The monoisotopic (exact) mass is 663 g/mol. The number of anilines is 1. The van der Waals surface area contributed by atoms with Crippen LogP contribution in [0.25, 0.3) is 32.9 Å². The van der Waals surface area contributed by atoms with E-state index >= 15 is 4.39 Å². The summed E-state index contributed by atoms with van der Waals surface area (Å²) < 4.78 is 57.8. The summed E-state index contributed by atoms with van der Waals surface area (Å²) in [5, 5.41) is 12.0. The number of benzene rings is 2. The number of fused-ring (bicyclic) bond motifs is 3. The molecular weight excluding hydrogens is 623 g/mol. The number of aromatic nitrogens is 3. The second-order valence-electron chi connectivity index (χ2n) is 13.2. The van der Waals surface area contributed by atoms with Crippen LogP contribution in [0, 0.1) is 11.6 Å². The zero-order chi connectivity index (χ0) is 33.6. The van der Waals surface area contributed by atoms with Crippen LogP contribution in [0.3, 0.4) is 0 Å². The molecule has 4 heterocycles. The standard InChI is InChI=1S/C36H40F3N5O4/c1-3-25-28(38)11-8-21-15-24(45)16-26(30(21)25)32-31(39)33-27(18-40-32)34(44(23-9-10-23)14-5-7-29(46)47-4-2)42-35(41-33)48-20-36-12-6-13-43(36)19-22(37)17-36/h8,11,15-16,18,22-23,45H,3-7,9-10,12-14,17,19-20H2,1-2H3/t22-,36+/m1/s1. The van der Waals surface area contributed by atoms with E-state index in [9.17, 15) is 18.7 Å². The molecule has 1 saturated carbocycles. The lowest BCUT2D eigenvalue weighted by atomic mass is 9.94. The van der Waals surface area contributed by atoms with Crippen LogP contribution in [0.5, 0.6) is 11.8 Å². The van der Waals surface area contributed by atoms with Crippen molar-refractivity contribution in [3.05, 3.63) is 47.7 Å². The number of pyridine rings is 1. The van der Waals surface area contributed by atoms with E-state index in [1.807, 2.05) is 6.92 Å². The second-order valence-corrected chi connectivity index (χ2v) is 13.2. The topological polar surface area (TPSA) is 101 Å². The maximum absolute atomic E-state index is 16.9. The van der Waals surface area contributed by atoms with Crippen molar-refractivity contribution in [2.45, 2.75) is 83.0 Å². The Morgan fingerprint density at radius 2 is 2.02 bits per heavy atom. The van der Waals surface area contributed by atoms with E-state index in [2.05, 4.69) is 19.8 Å². The number of halogens is 3. The third-order valence-corrected chi connectivity index (χ3v) is 9.98. The minimum atomic E-state index is -0.937. The number of nitrogens with zero attached hydrogens (tertiary/aromatic N) is 5. The predicted octanol–water partition coefficient (Wildman–Crippen LogP) is 6.66. The number of phenolic OH excluding ortho intramolecular Hbond substituents is 1. The molecule has 2 aromatic heterocycles. The van der Waals surface area contributed by atoms with E-state index in [1.54, 1.807) is 13.0 Å². The molecule has 3 aliphatic rings. The smallest absolute Gasteiger partial charge is 0.319 e. The normalized spacial score (nSPS) is 20.8. The number of phenols is 1. The molecule has 0 radical (unpaired) electrons. The van der Waals surface area contributed by atoms with Gasteiger partial charge in [-0.15, -0.1) is 0 Å². The molecule has 0 amide bonds. The van der Waals surface area contributed by atoms with Gasteiger partial charge in [0.1, 0.15) is 41.4 Å². The van der Waals surface area contributed by atoms with Crippen LogP contribution >= 0.6 is 0 Å². The quantitative estimate of drug-likeness (QED) is 0.167. The number of rotatable bonds is 12. The first-order chi connectivity index (χ1) is 23.2. The summed E-state index contributed by atoms with van der Waals surface area (Å²) in [7, 11) is 0. The number of hydrogen-bond donors (Lipinski definition) is 1. The largest absolute Gasteiger partial charge is 0.508 e.